The SMILES string of the molecule is CSC1CCC(NC(=O)N(CCCC(=O)O)C(C)C)C1. The van der Waals surface area contributed by atoms with E-state index in [-0.39, 0.29) is 24.5 Å². The van der Waals surface area contributed by atoms with Crippen molar-refractivity contribution in [1.29, 1.82) is 0 Å². The zero-order chi connectivity index (χ0) is 15.1. The number of carbonyl (C=O) groups excluding carboxylic acids is 1. The largest absolute Gasteiger partial charge is 0.481 e. The highest BCUT2D eigenvalue weighted by atomic mass is 32.2. The molecule has 1 aliphatic carbocycles. The molecule has 6 heteroatoms. The first-order valence-corrected chi connectivity index (χ1v) is 8.54. The van der Waals surface area contributed by atoms with Crippen LogP contribution in [0, 0.1) is 0 Å². The van der Waals surface area contributed by atoms with Crippen molar-refractivity contribution in [2.45, 2.75) is 63.3 Å². The van der Waals surface area contributed by atoms with Crippen LogP contribution in [-0.4, -0.2) is 52.1 Å². The Morgan fingerprint density at radius 3 is 2.60 bits per heavy atom. The summed E-state index contributed by atoms with van der Waals surface area (Å²) in [6, 6.07) is 0.291. The van der Waals surface area contributed by atoms with Crippen LogP contribution in [-0.2, 0) is 4.79 Å². The predicted octanol–water partition coefficient (Wildman–Crippen LogP) is 2.56. The van der Waals surface area contributed by atoms with Gasteiger partial charge in [0.2, 0.25) is 0 Å². The summed E-state index contributed by atoms with van der Waals surface area (Å²) in [4.78, 5) is 24.6. The van der Waals surface area contributed by atoms with Gasteiger partial charge in [-0.05, 0) is 45.8 Å². The molecule has 1 saturated carbocycles. The number of hydrogen-bond donors (Lipinski definition) is 2. The summed E-state index contributed by atoms with van der Waals surface area (Å²) < 4.78 is 0. The smallest absolute Gasteiger partial charge is 0.317 e. The second-order valence-electron chi connectivity index (χ2n) is 5.60. The number of urea groups is 1. The molecule has 5 nitrogen and oxygen atoms in total. The average molecular weight is 302 g/mol. The van der Waals surface area contributed by atoms with Crippen molar-refractivity contribution in [2.24, 2.45) is 0 Å². The third-order valence-corrected chi connectivity index (χ3v) is 4.81. The first-order valence-electron chi connectivity index (χ1n) is 7.25. The van der Waals surface area contributed by atoms with Crippen LogP contribution in [0.3, 0.4) is 0 Å². The van der Waals surface area contributed by atoms with Gasteiger partial charge in [0, 0.05) is 30.3 Å². The van der Waals surface area contributed by atoms with E-state index >= 15 is 0 Å². The number of aliphatic carboxylic acids is 1. The van der Waals surface area contributed by atoms with Crippen molar-refractivity contribution in [2.75, 3.05) is 12.8 Å². The minimum Gasteiger partial charge on any atom is -0.481 e. The molecule has 0 aromatic rings. The molecule has 2 unspecified atom stereocenters. The fraction of sp³-hybridized carbons (Fsp3) is 0.857. The summed E-state index contributed by atoms with van der Waals surface area (Å²) in [7, 11) is 0. The highest BCUT2D eigenvalue weighted by Gasteiger charge is 2.27. The fourth-order valence-corrected chi connectivity index (χ4v) is 3.33. The van der Waals surface area contributed by atoms with Gasteiger partial charge >= 0.3 is 12.0 Å². The number of nitrogens with one attached hydrogen (secondary N) is 1. The minimum atomic E-state index is -0.812. The zero-order valence-electron chi connectivity index (χ0n) is 12.6. The number of carboxylic acid groups (broad SMARTS) is 1. The number of thioether (sulfide) groups is 1. The highest BCUT2D eigenvalue weighted by molar-refractivity contribution is 7.99. The molecule has 0 aromatic heterocycles. The standard InChI is InChI=1S/C14H26N2O3S/c1-10(2)16(8-4-5-13(17)18)14(19)15-11-6-7-12(9-11)20-3/h10-12H,4-9H2,1-3H3,(H,15,19)(H,17,18). The Hall–Kier alpha value is -0.910. The number of nitrogens with zero attached hydrogens (tertiary/aromatic N) is 1. The van der Waals surface area contributed by atoms with E-state index in [1.54, 1.807) is 4.90 Å². The van der Waals surface area contributed by atoms with Gasteiger partial charge in [-0.2, -0.15) is 11.8 Å². The Morgan fingerprint density at radius 2 is 2.10 bits per heavy atom. The molecule has 2 atom stereocenters. The first kappa shape index (κ1) is 17.1. The van der Waals surface area contributed by atoms with E-state index < -0.39 is 5.97 Å². The number of rotatable bonds is 7. The van der Waals surface area contributed by atoms with Crippen LogP contribution >= 0.6 is 11.8 Å². The molecular formula is C14H26N2O3S. The van der Waals surface area contributed by atoms with Gasteiger partial charge in [-0.1, -0.05) is 0 Å². The van der Waals surface area contributed by atoms with E-state index in [1.165, 1.54) is 0 Å². The second kappa shape index (κ2) is 8.39. The van der Waals surface area contributed by atoms with Crippen molar-refractivity contribution >= 4 is 23.8 Å². The number of hydrogen-bond acceptors (Lipinski definition) is 3. The summed E-state index contributed by atoms with van der Waals surface area (Å²) in [5, 5.41) is 12.4. The van der Waals surface area contributed by atoms with Gasteiger partial charge in [-0.3, -0.25) is 4.79 Å². The van der Waals surface area contributed by atoms with Gasteiger partial charge in [0.1, 0.15) is 0 Å². The summed E-state index contributed by atoms with van der Waals surface area (Å²) >= 11 is 1.86. The number of amides is 2. The topological polar surface area (TPSA) is 69.6 Å². The van der Waals surface area contributed by atoms with Gasteiger partial charge in [0.15, 0.2) is 0 Å². The third kappa shape index (κ3) is 5.61. The minimum absolute atomic E-state index is 0.0582. The van der Waals surface area contributed by atoms with Crippen LogP contribution in [0.2, 0.25) is 0 Å². The van der Waals surface area contributed by atoms with E-state index in [2.05, 4.69) is 11.6 Å². The third-order valence-electron chi connectivity index (χ3n) is 3.72. The van der Waals surface area contributed by atoms with E-state index in [0.29, 0.717) is 18.2 Å². The first-order chi connectivity index (χ1) is 9.43. The van der Waals surface area contributed by atoms with E-state index in [0.717, 1.165) is 19.3 Å². The molecule has 0 aromatic carbocycles. The lowest BCUT2D eigenvalue weighted by Crippen LogP contribution is -2.47. The normalized spacial score (nSPS) is 22.0. The van der Waals surface area contributed by atoms with Crippen molar-refractivity contribution in [3.05, 3.63) is 0 Å². The van der Waals surface area contributed by atoms with Gasteiger partial charge < -0.3 is 15.3 Å². The molecule has 116 valence electrons. The maximum atomic E-state index is 12.3. The Labute approximate surface area is 125 Å². The Bertz CT molecular complexity index is 336. The Balaban J connectivity index is 2.42. The molecule has 2 amide bonds. The lowest BCUT2D eigenvalue weighted by Gasteiger charge is -2.28. The molecule has 20 heavy (non-hydrogen) atoms. The molecule has 0 radical (unpaired) electrons. The maximum absolute atomic E-state index is 12.3. The Kier molecular flexibility index (Phi) is 7.19. The monoisotopic (exact) mass is 302 g/mol. The molecule has 0 spiro atoms. The van der Waals surface area contributed by atoms with Gasteiger partial charge in [0.05, 0.1) is 0 Å². The molecule has 1 aliphatic rings. The lowest BCUT2D eigenvalue weighted by molar-refractivity contribution is -0.137. The number of carboxylic acids is 1. The molecule has 0 aliphatic heterocycles. The van der Waals surface area contributed by atoms with Crippen LogP contribution < -0.4 is 5.32 Å². The fourth-order valence-electron chi connectivity index (χ4n) is 2.54. The van der Waals surface area contributed by atoms with Crippen molar-refractivity contribution < 1.29 is 14.7 Å². The summed E-state index contributed by atoms with van der Waals surface area (Å²) in [6.45, 7) is 4.41. The molecular weight excluding hydrogens is 276 g/mol. The predicted molar refractivity (Wildman–Crippen MR) is 82.2 cm³/mol. The van der Waals surface area contributed by atoms with Crippen LogP contribution in [0.25, 0.3) is 0 Å². The summed E-state index contributed by atoms with van der Waals surface area (Å²) in [6.07, 6.45) is 5.95. The average Bonchev–Trinajstić information content (AvgIpc) is 2.81. The lowest BCUT2D eigenvalue weighted by atomic mass is 10.2. The Morgan fingerprint density at radius 1 is 1.40 bits per heavy atom. The molecule has 0 bridgehead atoms. The van der Waals surface area contributed by atoms with E-state index in [4.69, 9.17) is 5.11 Å². The van der Waals surface area contributed by atoms with Crippen molar-refractivity contribution in [1.82, 2.24) is 10.2 Å². The van der Waals surface area contributed by atoms with Crippen LogP contribution in [0.1, 0.15) is 46.0 Å². The van der Waals surface area contributed by atoms with Gasteiger partial charge in [0.25, 0.3) is 0 Å². The maximum Gasteiger partial charge on any atom is 0.317 e. The van der Waals surface area contributed by atoms with E-state index in [9.17, 15) is 9.59 Å². The molecule has 0 heterocycles. The van der Waals surface area contributed by atoms with Crippen molar-refractivity contribution in [3.8, 4) is 0 Å². The van der Waals surface area contributed by atoms with E-state index in [1.807, 2.05) is 25.6 Å². The molecule has 2 N–H and O–H groups in total. The zero-order valence-corrected chi connectivity index (χ0v) is 13.4. The molecule has 1 fully saturated rings. The second-order valence-corrected chi connectivity index (χ2v) is 6.74. The van der Waals surface area contributed by atoms with Crippen LogP contribution in [0.15, 0.2) is 0 Å². The van der Waals surface area contributed by atoms with Crippen LogP contribution in [0.5, 0.6) is 0 Å². The van der Waals surface area contributed by atoms with Gasteiger partial charge in [-0.15, -0.1) is 0 Å². The highest BCUT2D eigenvalue weighted by Crippen LogP contribution is 2.28. The molecule has 0 saturated heterocycles. The number of carbonyl (C=O) groups is 2. The van der Waals surface area contributed by atoms with Gasteiger partial charge in [-0.25, -0.2) is 4.79 Å². The summed E-state index contributed by atoms with van der Waals surface area (Å²) in [5.74, 6) is -0.812. The van der Waals surface area contributed by atoms with Crippen LogP contribution in [0.4, 0.5) is 4.79 Å². The quantitative estimate of drug-likeness (QED) is 0.758. The van der Waals surface area contributed by atoms with Crippen molar-refractivity contribution in [3.63, 3.8) is 0 Å². The summed E-state index contributed by atoms with van der Waals surface area (Å²) in [5.41, 5.74) is 0. The molecule has 1 rings (SSSR count).